The zero-order chi connectivity index (χ0) is 12.6. The van der Waals surface area contributed by atoms with Crippen LogP contribution in [0.15, 0.2) is 18.2 Å². The summed E-state index contributed by atoms with van der Waals surface area (Å²) in [5.74, 6) is 0. The van der Waals surface area contributed by atoms with E-state index in [0.29, 0.717) is 17.7 Å². The highest BCUT2D eigenvalue weighted by molar-refractivity contribution is 7.91. The van der Waals surface area contributed by atoms with Gasteiger partial charge in [-0.05, 0) is 18.2 Å². The van der Waals surface area contributed by atoms with Gasteiger partial charge in [-0.25, -0.2) is 0 Å². The van der Waals surface area contributed by atoms with Crippen molar-refractivity contribution < 1.29 is 13.2 Å². The molecular formula is C9H12N4O3S. The minimum Gasteiger partial charge on any atom is -0.399 e. The van der Waals surface area contributed by atoms with Gasteiger partial charge in [0.1, 0.15) is 6.29 Å². The molecule has 1 saturated heterocycles. The van der Waals surface area contributed by atoms with E-state index in [0.717, 1.165) is 4.31 Å². The van der Waals surface area contributed by atoms with Crippen molar-refractivity contribution >= 4 is 33.6 Å². The maximum atomic E-state index is 11.7. The number of rotatable bonds is 2. The Morgan fingerprint density at radius 3 is 2.65 bits per heavy atom. The molecule has 92 valence electrons. The van der Waals surface area contributed by atoms with Gasteiger partial charge in [-0.1, -0.05) is 0 Å². The number of anilines is 3. The summed E-state index contributed by atoms with van der Waals surface area (Å²) in [6.45, 7) is 0.0277. The molecular weight excluding hydrogens is 244 g/mol. The van der Waals surface area contributed by atoms with Gasteiger partial charge in [0.05, 0.1) is 24.0 Å². The number of carbonyl (C=O) groups excluding carboxylic acids is 1. The fraction of sp³-hybridized carbons (Fsp3) is 0.222. The number of nitrogens with zero attached hydrogens (tertiary/aromatic N) is 1. The molecule has 0 amide bonds. The minimum absolute atomic E-state index is 0.0277. The third kappa shape index (κ3) is 2.04. The number of nitrogens with two attached hydrogens (primary N) is 2. The van der Waals surface area contributed by atoms with Gasteiger partial charge < -0.3 is 16.3 Å². The van der Waals surface area contributed by atoms with Crippen molar-refractivity contribution in [2.24, 2.45) is 0 Å². The number of aldehydes is 1. The molecule has 2 rings (SSSR count). The summed E-state index contributed by atoms with van der Waals surface area (Å²) in [5, 5.41) is 0. The zero-order valence-corrected chi connectivity index (χ0v) is 9.65. The Morgan fingerprint density at radius 2 is 2.12 bits per heavy atom. The summed E-state index contributed by atoms with van der Waals surface area (Å²) in [7, 11) is -3.71. The van der Waals surface area contributed by atoms with Crippen LogP contribution in [0, 0.1) is 0 Å². The van der Waals surface area contributed by atoms with Crippen molar-refractivity contribution in [3.63, 3.8) is 0 Å². The first kappa shape index (κ1) is 11.7. The van der Waals surface area contributed by atoms with Crippen molar-refractivity contribution in [2.45, 2.75) is 6.04 Å². The first-order chi connectivity index (χ1) is 7.94. The third-order valence-electron chi connectivity index (χ3n) is 2.44. The molecule has 8 heteroatoms. The summed E-state index contributed by atoms with van der Waals surface area (Å²) in [5.41, 5.74) is 12.2. The molecule has 1 unspecified atom stereocenters. The third-order valence-corrected chi connectivity index (χ3v) is 3.96. The van der Waals surface area contributed by atoms with Crippen molar-refractivity contribution in [3.05, 3.63) is 18.2 Å². The number of hydrogen-bond donors (Lipinski definition) is 3. The lowest BCUT2D eigenvalue weighted by Crippen LogP contribution is -2.30. The van der Waals surface area contributed by atoms with Crippen molar-refractivity contribution in [1.82, 2.24) is 4.72 Å². The van der Waals surface area contributed by atoms with E-state index in [9.17, 15) is 13.2 Å². The van der Waals surface area contributed by atoms with Gasteiger partial charge in [0.15, 0.2) is 0 Å². The van der Waals surface area contributed by atoms with E-state index < -0.39 is 16.3 Å². The lowest BCUT2D eigenvalue weighted by Gasteiger charge is -2.17. The minimum atomic E-state index is -3.71. The molecule has 0 aromatic heterocycles. The SMILES string of the molecule is Nc1ccc(N2CC(C=O)NS2(=O)=O)c(N)c1. The average molecular weight is 256 g/mol. The molecule has 1 aromatic carbocycles. The van der Waals surface area contributed by atoms with E-state index in [1.807, 2.05) is 0 Å². The number of benzene rings is 1. The molecule has 1 fully saturated rings. The Hall–Kier alpha value is -1.80. The molecule has 7 nitrogen and oxygen atoms in total. The summed E-state index contributed by atoms with van der Waals surface area (Å²) in [4.78, 5) is 10.6. The summed E-state index contributed by atoms with van der Waals surface area (Å²) in [6, 6.07) is 3.78. The summed E-state index contributed by atoms with van der Waals surface area (Å²) >= 11 is 0. The topological polar surface area (TPSA) is 119 Å². The van der Waals surface area contributed by atoms with E-state index >= 15 is 0 Å². The molecule has 1 heterocycles. The molecule has 1 atom stereocenters. The van der Waals surface area contributed by atoms with Gasteiger partial charge in [-0.15, -0.1) is 0 Å². The van der Waals surface area contributed by atoms with E-state index in [1.165, 1.54) is 12.1 Å². The van der Waals surface area contributed by atoms with Crippen LogP contribution >= 0.6 is 0 Å². The van der Waals surface area contributed by atoms with Crippen LogP contribution in [0.3, 0.4) is 0 Å². The molecule has 1 aliphatic heterocycles. The van der Waals surface area contributed by atoms with Crippen molar-refractivity contribution in [2.75, 3.05) is 22.3 Å². The second-order valence-corrected chi connectivity index (χ2v) is 5.34. The van der Waals surface area contributed by atoms with Crippen LogP contribution in [0.1, 0.15) is 0 Å². The van der Waals surface area contributed by atoms with Crippen LogP contribution in [0.25, 0.3) is 0 Å². The number of nitrogens with one attached hydrogen (secondary N) is 1. The fourth-order valence-electron chi connectivity index (χ4n) is 1.67. The molecule has 1 aromatic rings. The van der Waals surface area contributed by atoms with Crippen LogP contribution in [0.2, 0.25) is 0 Å². The normalized spacial score (nSPS) is 22.6. The van der Waals surface area contributed by atoms with Gasteiger partial charge in [0.2, 0.25) is 0 Å². The molecule has 17 heavy (non-hydrogen) atoms. The number of nitrogen functional groups attached to an aromatic ring is 2. The molecule has 0 radical (unpaired) electrons. The predicted octanol–water partition coefficient (Wildman–Crippen LogP) is -0.927. The standard InChI is InChI=1S/C9H12N4O3S/c10-6-1-2-9(8(11)3-6)13-4-7(5-14)12-17(13,15)16/h1-3,5,7,12H,4,10-11H2. The second-order valence-electron chi connectivity index (χ2n) is 3.71. The number of hydrogen-bond acceptors (Lipinski definition) is 5. The van der Waals surface area contributed by atoms with Crippen LogP contribution in [0.5, 0.6) is 0 Å². The Balaban J connectivity index is 2.43. The maximum absolute atomic E-state index is 11.7. The molecule has 0 aliphatic carbocycles. The quantitative estimate of drug-likeness (QED) is 0.467. The van der Waals surface area contributed by atoms with E-state index in [4.69, 9.17) is 11.5 Å². The highest BCUT2D eigenvalue weighted by Crippen LogP contribution is 2.29. The Morgan fingerprint density at radius 1 is 1.41 bits per heavy atom. The molecule has 0 spiro atoms. The first-order valence-electron chi connectivity index (χ1n) is 4.84. The van der Waals surface area contributed by atoms with Crippen molar-refractivity contribution in [3.8, 4) is 0 Å². The van der Waals surface area contributed by atoms with Gasteiger partial charge in [0.25, 0.3) is 0 Å². The van der Waals surface area contributed by atoms with Crippen molar-refractivity contribution in [1.29, 1.82) is 0 Å². The highest BCUT2D eigenvalue weighted by atomic mass is 32.2. The Labute approximate surface area is 98.6 Å². The summed E-state index contributed by atoms with van der Waals surface area (Å²) < 4.78 is 26.7. The van der Waals surface area contributed by atoms with E-state index in [-0.39, 0.29) is 12.2 Å². The lowest BCUT2D eigenvalue weighted by molar-refractivity contribution is -0.108. The van der Waals surface area contributed by atoms with Crippen LogP contribution in [-0.2, 0) is 15.0 Å². The Kier molecular flexibility index (Phi) is 2.68. The van der Waals surface area contributed by atoms with Crippen LogP contribution in [-0.4, -0.2) is 27.3 Å². The highest BCUT2D eigenvalue weighted by Gasteiger charge is 2.36. The number of carbonyl (C=O) groups is 1. The van der Waals surface area contributed by atoms with Crippen LogP contribution in [0.4, 0.5) is 17.1 Å². The van der Waals surface area contributed by atoms with Gasteiger partial charge in [0, 0.05) is 5.69 Å². The smallest absolute Gasteiger partial charge is 0.302 e. The fourth-order valence-corrected chi connectivity index (χ4v) is 3.09. The largest absolute Gasteiger partial charge is 0.399 e. The predicted molar refractivity (Wildman–Crippen MR) is 64.5 cm³/mol. The molecule has 5 N–H and O–H groups in total. The van der Waals surface area contributed by atoms with Gasteiger partial charge in [-0.3, -0.25) is 4.31 Å². The van der Waals surface area contributed by atoms with Gasteiger partial charge in [-0.2, -0.15) is 13.1 Å². The molecule has 0 bridgehead atoms. The molecule has 0 saturated carbocycles. The monoisotopic (exact) mass is 256 g/mol. The lowest BCUT2D eigenvalue weighted by atomic mass is 10.2. The van der Waals surface area contributed by atoms with Gasteiger partial charge >= 0.3 is 10.2 Å². The maximum Gasteiger partial charge on any atom is 0.302 e. The molecule has 1 aliphatic rings. The zero-order valence-electron chi connectivity index (χ0n) is 8.83. The van der Waals surface area contributed by atoms with E-state index in [1.54, 1.807) is 6.07 Å². The Bertz CT molecular complexity index is 557. The van der Waals surface area contributed by atoms with E-state index in [2.05, 4.69) is 4.72 Å². The van der Waals surface area contributed by atoms with Crippen LogP contribution < -0.4 is 20.5 Å². The average Bonchev–Trinajstić information content (AvgIpc) is 2.54. The summed E-state index contributed by atoms with van der Waals surface area (Å²) in [6.07, 6.45) is 0.547. The second kappa shape index (κ2) is 3.90. The first-order valence-corrected chi connectivity index (χ1v) is 6.28.